The first-order valence-corrected chi connectivity index (χ1v) is 10.7. The van der Waals surface area contributed by atoms with Crippen LogP contribution in [-0.4, -0.2) is 97.6 Å². The highest BCUT2D eigenvalue weighted by atomic mass is 28.4. The topological polar surface area (TPSA) is 158 Å². The van der Waals surface area contributed by atoms with Crippen molar-refractivity contribution < 1.29 is 43.6 Å². The Bertz CT molecular complexity index is 371. The molecule has 0 aliphatic carbocycles. The first-order valence-electron chi connectivity index (χ1n) is 8.81. The lowest BCUT2D eigenvalue weighted by molar-refractivity contribution is -0.148. The average Bonchev–Trinajstić information content (AvgIpc) is 2.63. The van der Waals surface area contributed by atoms with Gasteiger partial charge >= 0.3 is 8.80 Å². The Balaban J connectivity index is 4.49. The number of aliphatic hydroxyl groups is 5. The summed E-state index contributed by atoms with van der Waals surface area (Å²) in [5, 5.41) is 49.3. The van der Waals surface area contributed by atoms with Crippen LogP contribution in [0.5, 0.6) is 0 Å². The molecule has 4 atom stereocenters. The van der Waals surface area contributed by atoms with Crippen molar-refractivity contribution in [2.24, 2.45) is 0 Å². The Kier molecular flexibility index (Phi) is 13.2. The Morgan fingerprint density at radius 1 is 0.962 bits per heavy atom. The van der Waals surface area contributed by atoms with Gasteiger partial charge in [-0.15, -0.1) is 0 Å². The van der Waals surface area contributed by atoms with Crippen LogP contribution in [0.3, 0.4) is 0 Å². The van der Waals surface area contributed by atoms with Gasteiger partial charge in [0, 0.05) is 32.4 Å². The Morgan fingerprint density at radius 3 is 1.88 bits per heavy atom. The summed E-state index contributed by atoms with van der Waals surface area (Å²) in [4.78, 5) is 11.8. The van der Waals surface area contributed by atoms with Crippen molar-refractivity contribution in [3.05, 3.63) is 0 Å². The first-order chi connectivity index (χ1) is 12.3. The van der Waals surface area contributed by atoms with Gasteiger partial charge in [0.05, 0.1) is 6.61 Å². The molecule has 0 aliphatic rings. The molecule has 6 N–H and O–H groups in total. The van der Waals surface area contributed by atoms with Crippen LogP contribution in [0.15, 0.2) is 0 Å². The second kappa shape index (κ2) is 13.5. The van der Waals surface area contributed by atoms with E-state index in [0.717, 1.165) is 0 Å². The summed E-state index contributed by atoms with van der Waals surface area (Å²) in [5.74, 6) is -0.904. The fraction of sp³-hybridized carbons (Fsp3) is 0.933. The van der Waals surface area contributed by atoms with Crippen molar-refractivity contribution >= 4 is 14.7 Å². The molecule has 0 aliphatic heterocycles. The third-order valence-electron chi connectivity index (χ3n) is 3.58. The molecule has 0 rings (SSSR count). The van der Waals surface area contributed by atoms with Crippen LogP contribution < -0.4 is 5.32 Å². The van der Waals surface area contributed by atoms with Crippen molar-refractivity contribution in [1.29, 1.82) is 0 Å². The highest BCUT2D eigenvalue weighted by Gasteiger charge is 2.40. The van der Waals surface area contributed by atoms with Crippen LogP contribution >= 0.6 is 0 Å². The zero-order valence-corrected chi connectivity index (χ0v) is 16.6. The van der Waals surface area contributed by atoms with Gasteiger partial charge in [-0.3, -0.25) is 4.79 Å². The van der Waals surface area contributed by atoms with Gasteiger partial charge in [-0.2, -0.15) is 0 Å². The molecule has 0 aromatic carbocycles. The van der Waals surface area contributed by atoms with E-state index >= 15 is 0 Å². The molecule has 0 aromatic heterocycles. The van der Waals surface area contributed by atoms with Crippen LogP contribution in [-0.2, 0) is 18.1 Å². The number of amides is 1. The zero-order chi connectivity index (χ0) is 20.2. The lowest BCUT2D eigenvalue weighted by Crippen LogP contribution is -2.52. The van der Waals surface area contributed by atoms with Crippen molar-refractivity contribution in [2.75, 3.05) is 33.0 Å². The molecule has 0 aromatic rings. The van der Waals surface area contributed by atoms with E-state index in [9.17, 15) is 25.2 Å². The molecule has 0 fully saturated rings. The quantitative estimate of drug-likeness (QED) is 0.135. The molecule has 4 unspecified atom stereocenters. The molecule has 26 heavy (non-hydrogen) atoms. The highest BCUT2D eigenvalue weighted by Crippen LogP contribution is 2.17. The molecular formula is C15H33NO9Si. The minimum atomic E-state index is -2.82. The molecule has 0 radical (unpaired) electrons. The Labute approximate surface area is 155 Å². The van der Waals surface area contributed by atoms with Gasteiger partial charge in [-0.1, -0.05) is 0 Å². The SMILES string of the molecule is CCO[Si](CCCNC(=O)C(O)C(O)C(O)C(O)CO)(OCC)OCC. The van der Waals surface area contributed by atoms with Gasteiger partial charge in [0.2, 0.25) is 0 Å². The van der Waals surface area contributed by atoms with E-state index in [1.807, 2.05) is 20.8 Å². The van der Waals surface area contributed by atoms with E-state index in [0.29, 0.717) is 32.3 Å². The number of carbonyl (C=O) groups excluding carboxylic acids is 1. The molecular weight excluding hydrogens is 366 g/mol. The predicted molar refractivity (Wildman–Crippen MR) is 94.2 cm³/mol. The van der Waals surface area contributed by atoms with E-state index in [-0.39, 0.29) is 6.54 Å². The number of nitrogens with one attached hydrogen (secondary N) is 1. The van der Waals surface area contributed by atoms with Gasteiger partial charge in [0.1, 0.15) is 18.3 Å². The van der Waals surface area contributed by atoms with Crippen molar-refractivity contribution in [3.63, 3.8) is 0 Å². The summed E-state index contributed by atoms with van der Waals surface area (Å²) in [6, 6.07) is 0.466. The van der Waals surface area contributed by atoms with Gasteiger partial charge in [0.25, 0.3) is 5.91 Å². The van der Waals surface area contributed by atoms with Crippen molar-refractivity contribution in [2.45, 2.75) is 57.7 Å². The van der Waals surface area contributed by atoms with Crippen LogP contribution in [0.1, 0.15) is 27.2 Å². The monoisotopic (exact) mass is 399 g/mol. The summed E-state index contributed by atoms with van der Waals surface area (Å²) in [6.45, 7) is 6.19. The van der Waals surface area contributed by atoms with Crippen LogP contribution in [0.25, 0.3) is 0 Å². The minimum absolute atomic E-state index is 0.170. The lowest BCUT2D eigenvalue weighted by atomic mass is 10.0. The Morgan fingerprint density at radius 2 is 1.46 bits per heavy atom. The second-order valence-electron chi connectivity index (χ2n) is 5.55. The normalized spacial score (nSPS) is 16.8. The standard InChI is InChI=1S/C15H33NO9Si/c1-4-23-26(24-5-2,25-6-3)9-7-8-16-15(22)14(21)13(20)12(19)11(18)10-17/h11-14,17-21H,4-10H2,1-3H3,(H,16,22). The highest BCUT2D eigenvalue weighted by molar-refractivity contribution is 6.60. The molecule has 0 spiro atoms. The largest absolute Gasteiger partial charge is 0.500 e. The van der Waals surface area contributed by atoms with Crippen molar-refractivity contribution in [3.8, 4) is 0 Å². The fourth-order valence-corrected chi connectivity index (χ4v) is 4.91. The summed E-state index contributed by atoms with van der Waals surface area (Å²) >= 11 is 0. The molecule has 11 heteroatoms. The molecule has 0 saturated heterocycles. The maximum atomic E-state index is 11.8. The summed E-state index contributed by atoms with van der Waals surface area (Å²) < 4.78 is 17.0. The molecule has 0 bridgehead atoms. The molecule has 0 saturated carbocycles. The van der Waals surface area contributed by atoms with Crippen molar-refractivity contribution in [1.82, 2.24) is 5.32 Å². The van der Waals surface area contributed by atoms with Gasteiger partial charge in [-0.25, -0.2) is 0 Å². The van der Waals surface area contributed by atoms with E-state index < -0.39 is 45.7 Å². The number of hydrogen-bond acceptors (Lipinski definition) is 9. The van der Waals surface area contributed by atoms with Gasteiger partial charge < -0.3 is 44.1 Å². The van der Waals surface area contributed by atoms with Crippen LogP contribution in [0, 0.1) is 0 Å². The number of hydrogen-bond donors (Lipinski definition) is 6. The summed E-state index contributed by atoms with van der Waals surface area (Å²) in [5.41, 5.74) is 0. The average molecular weight is 400 g/mol. The third-order valence-corrected chi connectivity index (χ3v) is 6.73. The second-order valence-corrected chi connectivity index (χ2v) is 8.28. The maximum absolute atomic E-state index is 11.8. The summed E-state index contributed by atoms with van der Waals surface area (Å²) in [7, 11) is -2.82. The van der Waals surface area contributed by atoms with E-state index in [4.69, 9.17) is 18.4 Å². The van der Waals surface area contributed by atoms with E-state index in [1.54, 1.807) is 0 Å². The van der Waals surface area contributed by atoms with Crippen LogP contribution in [0.2, 0.25) is 6.04 Å². The van der Waals surface area contributed by atoms with Gasteiger partial charge in [-0.05, 0) is 27.2 Å². The predicted octanol–water partition coefficient (Wildman–Crippen LogP) is -2.02. The first kappa shape index (κ1) is 25.4. The van der Waals surface area contributed by atoms with E-state index in [1.165, 1.54) is 0 Å². The Hall–Kier alpha value is -0.633. The van der Waals surface area contributed by atoms with Gasteiger partial charge in [0.15, 0.2) is 6.10 Å². The minimum Gasteiger partial charge on any atom is -0.394 e. The zero-order valence-electron chi connectivity index (χ0n) is 15.6. The third kappa shape index (κ3) is 8.37. The molecule has 10 nitrogen and oxygen atoms in total. The number of rotatable bonds is 15. The fourth-order valence-electron chi connectivity index (χ4n) is 2.30. The number of carbonyl (C=O) groups is 1. The van der Waals surface area contributed by atoms with E-state index in [2.05, 4.69) is 5.32 Å². The maximum Gasteiger partial charge on any atom is 0.500 e. The molecule has 0 heterocycles. The summed E-state index contributed by atoms with van der Waals surface area (Å²) in [6.07, 6.45) is -6.93. The molecule has 156 valence electrons. The number of aliphatic hydroxyl groups excluding tert-OH is 5. The smallest absolute Gasteiger partial charge is 0.394 e. The van der Waals surface area contributed by atoms with Crippen LogP contribution in [0.4, 0.5) is 0 Å². The lowest BCUT2D eigenvalue weighted by Gasteiger charge is -2.28. The molecule has 1 amide bonds.